The first-order valence-electron chi connectivity index (χ1n) is 6.43. The lowest BCUT2D eigenvalue weighted by atomic mass is 10.2. The number of para-hydroxylation sites is 2. The lowest BCUT2D eigenvalue weighted by Gasteiger charge is -2.03. The van der Waals surface area contributed by atoms with Crippen molar-refractivity contribution in [3.05, 3.63) is 59.1 Å². The summed E-state index contributed by atoms with van der Waals surface area (Å²) in [6.07, 6.45) is 0. The predicted octanol–water partition coefficient (Wildman–Crippen LogP) is 3.94. The van der Waals surface area contributed by atoms with Gasteiger partial charge in [-0.05, 0) is 30.7 Å². The van der Waals surface area contributed by atoms with E-state index in [9.17, 15) is 5.26 Å². The summed E-state index contributed by atoms with van der Waals surface area (Å²) in [4.78, 5) is 4.44. The first kappa shape index (κ1) is 13.3. The summed E-state index contributed by atoms with van der Waals surface area (Å²) in [5.41, 5.74) is 6.07. The third-order valence-electron chi connectivity index (χ3n) is 3.04. The van der Waals surface area contributed by atoms with E-state index in [1.807, 2.05) is 55.5 Å². The van der Waals surface area contributed by atoms with Crippen LogP contribution in [0.1, 0.15) is 10.6 Å². The van der Waals surface area contributed by atoms with Gasteiger partial charge >= 0.3 is 0 Å². The van der Waals surface area contributed by atoms with E-state index in [0.29, 0.717) is 10.7 Å². The maximum Gasteiger partial charge on any atom is 0.196 e. The highest BCUT2D eigenvalue weighted by atomic mass is 32.1. The van der Waals surface area contributed by atoms with Crippen LogP contribution >= 0.6 is 11.3 Å². The molecule has 0 amide bonds. The van der Waals surface area contributed by atoms with Gasteiger partial charge in [0.15, 0.2) is 10.7 Å². The van der Waals surface area contributed by atoms with Crippen LogP contribution in [0.25, 0.3) is 10.2 Å². The number of fused-ring (bicyclic) bond motifs is 1. The second-order valence-corrected chi connectivity index (χ2v) is 5.52. The summed E-state index contributed by atoms with van der Waals surface area (Å²) in [6, 6.07) is 17.7. The maximum absolute atomic E-state index is 9.30. The Bertz CT molecular complexity index is 825. The molecule has 0 spiro atoms. The van der Waals surface area contributed by atoms with E-state index in [-0.39, 0.29) is 0 Å². The third kappa shape index (κ3) is 2.76. The fraction of sp³-hybridized carbons (Fsp3) is 0.0625. The van der Waals surface area contributed by atoms with Crippen LogP contribution in [0, 0.1) is 18.3 Å². The Kier molecular flexibility index (Phi) is 3.63. The molecule has 3 rings (SSSR count). The van der Waals surface area contributed by atoms with E-state index in [1.165, 1.54) is 11.3 Å². The molecule has 0 bridgehead atoms. The number of hydrogen-bond acceptors (Lipinski definition) is 5. The Morgan fingerprint density at radius 1 is 1.19 bits per heavy atom. The number of anilines is 1. The van der Waals surface area contributed by atoms with Crippen LogP contribution in [0.15, 0.2) is 53.6 Å². The monoisotopic (exact) mass is 292 g/mol. The number of hydrogen-bond donors (Lipinski definition) is 1. The molecule has 5 heteroatoms. The third-order valence-corrected chi connectivity index (χ3v) is 4.08. The molecule has 0 aliphatic rings. The smallest absolute Gasteiger partial charge is 0.196 e. The van der Waals surface area contributed by atoms with Gasteiger partial charge in [0, 0.05) is 0 Å². The van der Waals surface area contributed by atoms with Gasteiger partial charge in [0.1, 0.15) is 6.07 Å². The number of hydrazone groups is 1. The van der Waals surface area contributed by atoms with Crippen molar-refractivity contribution in [3.8, 4) is 6.07 Å². The molecule has 3 aromatic rings. The van der Waals surface area contributed by atoms with E-state index in [4.69, 9.17) is 0 Å². The molecule has 21 heavy (non-hydrogen) atoms. The molecule has 0 fully saturated rings. The van der Waals surface area contributed by atoms with E-state index in [0.717, 1.165) is 21.5 Å². The Hall–Kier alpha value is -2.71. The van der Waals surface area contributed by atoms with Crippen LogP contribution in [0.5, 0.6) is 0 Å². The van der Waals surface area contributed by atoms with Crippen molar-refractivity contribution in [1.29, 1.82) is 5.26 Å². The van der Waals surface area contributed by atoms with Crippen LogP contribution in [0.2, 0.25) is 0 Å². The lowest BCUT2D eigenvalue weighted by Crippen LogP contribution is -2.01. The largest absolute Gasteiger partial charge is 0.277 e. The minimum absolute atomic E-state index is 0.291. The molecule has 0 saturated heterocycles. The Labute approximate surface area is 126 Å². The molecule has 2 aromatic carbocycles. The molecular weight excluding hydrogens is 280 g/mol. The topological polar surface area (TPSA) is 61.1 Å². The van der Waals surface area contributed by atoms with Gasteiger partial charge in [-0.25, -0.2) is 4.98 Å². The molecule has 0 radical (unpaired) electrons. The van der Waals surface area contributed by atoms with Crippen LogP contribution in [0.3, 0.4) is 0 Å². The molecule has 1 aromatic heterocycles. The van der Waals surface area contributed by atoms with Crippen molar-refractivity contribution < 1.29 is 0 Å². The van der Waals surface area contributed by atoms with Crippen molar-refractivity contribution in [2.24, 2.45) is 5.10 Å². The number of thiazole rings is 1. The fourth-order valence-electron chi connectivity index (χ4n) is 1.91. The highest BCUT2D eigenvalue weighted by Gasteiger charge is 2.10. The highest BCUT2D eigenvalue weighted by molar-refractivity contribution is 7.20. The van der Waals surface area contributed by atoms with E-state index in [1.54, 1.807) is 0 Å². The summed E-state index contributed by atoms with van der Waals surface area (Å²) in [5.74, 6) is 0. The number of aryl methyl sites for hydroxylation is 1. The van der Waals surface area contributed by atoms with Crippen molar-refractivity contribution in [3.63, 3.8) is 0 Å². The molecule has 0 aliphatic carbocycles. The first-order chi connectivity index (χ1) is 10.3. The van der Waals surface area contributed by atoms with Crippen LogP contribution < -0.4 is 5.43 Å². The molecule has 102 valence electrons. The van der Waals surface area contributed by atoms with Gasteiger partial charge in [0.25, 0.3) is 0 Å². The SMILES string of the molecule is Cc1ccccc1N/N=C(/C#N)c1nc2ccccc2s1. The van der Waals surface area contributed by atoms with E-state index >= 15 is 0 Å². The summed E-state index contributed by atoms with van der Waals surface area (Å²) in [6.45, 7) is 1.99. The molecule has 0 aliphatic heterocycles. The minimum Gasteiger partial charge on any atom is -0.277 e. The van der Waals surface area contributed by atoms with Gasteiger partial charge in [-0.15, -0.1) is 11.3 Å². The standard InChI is InChI=1S/C16H12N4S/c1-11-6-2-3-7-12(11)19-20-14(10-17)16-18-13-8-4-5-9-15(13)21-16/h2-9,19H,1H3/b20-14-. The van der Waals surface area contributed by atoms with Gasteiger partial charge < -0.3 is 0 Å². The number of benzene rings is 2. The van der Waals surface area contributed by atoms with Crippen molar-refractivity contribution >= 4 is 33.0 Å². The highest BCUT2D eigenvalue weighted by Crippen LogP contribution is 2.22. The zero-order valence-electron chi connectivity index (χ0n) is 11.4. The van der Waals surface area contributed by atoms with E-state index in [2.05, 4.69) is 21.6 Å². The Morgan fingerprint density at radius 2 is 1.95 bits per heavy atom. The average molecular weight is 292 g/mol. The second-order valence-electron chi connectivity index (χ2n) is 4.49. The Balaban J connectivity index is 1.93. The second kappa shape index (κ2) is 5.73. The number of rotatable bonds is 3. The average Bonchev–Trinajstić information content (AvgIpc) is 2.93. The number of nitrogens with zero attached hydrogens (tertiary/aromatic N) is 3. The molecule has 0 atom stereocenters. The van der Waals surface area contributed by atoms with Crippen LogP contribution in [0.4, 0.5) is 5.69 Å². The molecular formula is C16H12N4S. The van der Waals surface area contributed by atoms with Gasteiger partial charge in [0.2, 0.25) is 0 Å². The quantitative estimate of drug-likeness (QED) is 0.587. The number of nitrogens with one attached hydrogen (secondary N) is 1. The summed E-state index contributed by atoms with van der Waals surface area (Å²) in [5, 5.41) is 14.1. The van der Waals surface area contributed by atoms with Gasteiger partial charge in [-0.1, -0.05) is 30.3 Å². The van der Waals surface area contributed by atoms with Gasteiger partial charge in [-0.2, -0.15) is 10.4 Å². The van der Waals surface area contributed by atoms with E-state index < -0.39 is 0 Å². The number of aromatic nitrogens is 1. The van der Waals surface area contributed by atoms with Crippen molar-refractivity contribution in [2.45, 2.75) is 6.92 Å². The molecule has 0 unspecified atom stereocenters. The van der Waals surface area contributed by atoms with Crippen molar-refractivity contribution in [2.75, 3.05) is 5.43 Å². The zero-order valence-corrected chi connectivity index (χ0v) is 12.2. The summed E-state index contributed by atoms with van der Waals surface area (Å²) < 4.78 is 1.05. The molecule has 1 heterocycles. The number of nitriles is 1. The lowest BCUT2D eigenvalue weighted by molar-refractivity contribution is 1.29. The fourth-order valence-corrected chi connectivity index (χ4v) is 2.81. The molecule has 0 saturated carbocycles. The molecule has 4 nitrogen and oxygen atoms in total. The normalized spacial score (nSPS) is 11.3. The van der Waals surface area contributed by atoms with Crippen molar-refractivity contribution in [1.82, 2.24) is 4.98 Å². The van der Waals surface area contributed by atoms with Gasteiger partial charge in [-0.3, -0.25) is 5.43 Å². The molecule has 1 N–H and O–H groups in total. The first-order valence-corrected chi connectivity index (χ1v) is 7.25. The van der Waals surface area contributed by atoms with Crippen LogP contribution in [-0.4, -0.2) is 10.7 Å². The predicted molar refractivity (Wildman–Crippen MR) is 86.6 cm³/mol. The summed E-state index contributed by atoms with van der Waals surface area (Å²) in [7, 11) is 0. The summed E-state index contributed by atoms with van der Waals surface area (Å²) >= 11 is 1.46. The van der Waals surface area contributed by atoms with Gasteiger partial charge in [0.05, 0.1) is 15.9 Å². The maximum atomic E-state index is 9.30. The zero-order chi connectivity index (χ0) is 14.7. The minimum atomic E-state index is 0.291. The van der Waals surface area contributed by atoms with Crippen LogP contribution in [-0.2, 0) is 0 Å². The Morgan fingerprint density at radius 3 is 2.71 bits per heavy atom.